The predicted octanol–water partition coefficient (Wildman–Crippen LogP) is 4.76. The molecule has 0 heterocycles. The molecule has 0 radical (unpaired) electrons. The Morgan fingerprint density at radius 1 is 0.852 bits per heavy atom. The smallest absolute Gasteiger partial charge is 0.251 e. The molecule has 0 aliphatic rings. The highest BCUT2D eigenvalue weighted by Gasteiger charge is 2.18. The van der Waals surface area contributed by atoms with Crippen molar-refractivity contribution in [3.63, 3.8) is 0 Å². The van der Waals surface area contributed by atoms with Crippen LogP contribution in [0.5, 0.6) is 0 Å². The van der Waals surface area contributed by atoms with Gasteiger partial charge in [0.15, 0.2) is 0 Å². The molecule has 3 rings (SSSR count). The number of hydrogen-bond acceptors (Lipinski definition) is 2. The first kappa shape index (κ1) is 18.7. The van der Waals surface area contributed by atoms with E-state index in [0.29, 0.717) is 16.3 Å². The summed E-state index contributed by atoms with van der Waals surface area (Å²) in [6.45, 7) is 1.65. The van der Waals surface area contributed by atoms with Crippen LogP contribution in [0.4, 0.5) is 5.69 Å². The number of amides is 2. The van der Waals surface area contributed by atoms with Gasteiger partial charge < -0.3 is 10.6 Å². The molecule has 0 aliphatic carbocycles. The van der Waals surface area contributed by atoms with Crippen LogP contribution in [0.25, 0.3) is 11.1 Å². The van der Waals surface area contributed by atoms with Gasteiger partial charge >= 0.3 is 0 Å². The molecule has 0 aliphatic heterocycles. The number of hydrogen-bond donors (Lipinski definition) is 2. The molecular formula is C22H19ClN2O2. The molecule has 136 valence electrons. The Morgan fingerprint density at radius 2 is 1.48 bits per heavy atom. The highest BCUT2D eigenvalue weighted by Crippen LogP contribution is 2.27. The maximum Gasteiger partial charge on any atom is 0.251 e. The second kappa shape index (κ2) is 8.52. The van der Waals surface area contributed by atoms with Crippen LogP contribution in [0.15, 0.2) is 78.9 Å². The van der Waals surface area contributed by atoms with Gasteiger partial charge in [0.25, 0.3) is 5.91 Å². The van der Waals surface area contributed by atoms with Gasteiger partial charge in [-0.05, 0) is 42.8 Å². The van der Waals surface area contributed by atoms with E-state index in [2.05, 4.69) is 10.6 Å². The second-order valence-corrected chi connectivity index (χ2v) is 6.54. The van der Waals surface area contributed by atoms with E-state index in [-0.39, 0.29) is 11.8 Å². The Hall–Kier alpha value is -3.11. The maximum absolute atomic E-state index is 12.6. The van der Waals surface area contributed by atoms with Gasteiger partial charge in [-0.1, -0.05) is 60.1 Å². The number of carbonyl (C=O) groups is 2. The summed E-state index contributed by atoms with van der Waals surface area (Å²) >= 11 is 5.83. The Labute approximate surface area is 163 Å². The summed E-state index contributed by atoms with van der Waals surface area (Å²) in [6, 6.07) is 23.2. The van der Waals surface area contributed by atoms with Gasteiger partial charge in [-0.15, -0.1) is 0 Å². The van der Waals surface area contributed by atoms with E-state index < -0.39 is 6.04 Å². The van der Waals surface area contributed by atoms with Crippen LogP contribution in [0.1, 0.15) is 17.3 Å². The van der Waals surface area contributed by atoms with Crippen LogP contribution in [-0.4, -0.2) is 17.9 Å². The van der Waals surface area contributed by atoms with Gasteiger partial charge in [-0.3, -0.25) is 9.59 Å². The number of para-hydroxylation sites is 1. The van der Waals surface area contributed by atoms with Gasteiger partial charge in [-0.25, -0.2) is 0 Å². The first-order valence-corrected chi connectivity index (χ1v) is 8.94. The van der Waals surface area contributed by atoms with Crippen LogP contribution >= 0.6 is 11.6 Å². The van der Waals surface area contributed by atoms with E-state index in [1.54, 1.807) is 31.2 Å². The number of nitrogens with one attached hydrogen (secondary N) is 2. The number of anilines is 1. The number of benzene rings is 3. The lowest BCUT2D eigenvalue weighted by molar-refractivity contribution is -0.117. The fourth-order valence-electron chi connectivity index (χ4n) is 2.65. The molecule has 3 aromatic carbocycles. The van der Waals surface area contributed by atoms with Gasteiger partial charge in [-0.2, -0.15) is 0 Å². The van der Waals surface area contributed by atoms with E-state index in [1.807, 2.05) is 54.6 Å². The fourth-order valence-corrected chi connectivity index (χ4v) is 2.78. The fraction of sp³-hybridized carbons (Fsp3) is 0.0909. The molecule has 2 N–H and O–H groups in total. The van der Waals surface area contributed by atoms with Crippen molar-refractivity contribution < 1.29 is 9.59 Å². The number of rotatable bonds is 5. The molecular weight excluding hydrogens is 360 g/mol. The van der Waals surface area contributed by atoms with Gasteiger partial charge in [0.05, 0.1) is 0 Å². The highest BCUT2D eigenvalue weighted by atomic mass is 35.5. The van der Waals surface area contributed by atoms with Gasteiger partial charge in [0.2, 0.25) is 5.91 Å². The second-order valence-electron chi connectivity index (χ2n) is 6.10. The standard InChI is InChI=1S/C22H19ClN2O2/c1-15(24-22(27)17-11-13-18(23)14-12-17)21(26)25-20-10-6-5-9-19(20)16-7-3-2-4-8-16/h2-15H,1H3,(H,24,27)(H,25,26). The molecule has 5 heteroatoms. The quantitative estimate of drug-likeness (QED) is 0.672. The normalized spacial score (nSPS) is 11.5. The largest absolute Gasteiger partial charge is 0.341 e. The third kappa shape index (κ3) is 4.74. The predicted molar refractivity (Wildman–Crippen MR) is 109 cm³/mol. The van der Waals surface area contributed by atoms with Gasteiger partial charge in [0, 0.05) is 21.8 Å². The lowest BCUT2D eigenvalue weighted by Gasteiger charge is -2.16. The minimum absolute atomic E-state index is 0.291. The zero-order chi connectivity index (χ0) is 19.2. The SMILES string of the molecule is CC(NC(=O)c1ccc(Cl)cc1)C(=O)Nc1ccccc1-c1ccccc1. The molecule has 3 aromatic rings. The van der Waals surface area contributed by atoms with Crippen molar-refractivity contribution in [3.8, 4) is 11.1 Å². The molecule has 0 saturated heterocycles. The average Bonchev–Trinajstić information content (AvgIpc) is 2.69. The zero-order valence-electron chi connectivity index (χ0n) is 14.8. The molecule has 2 amide bonds. The monoisotopic (exact) mass is 378 g/mol. The summed E-state index contributed by atoms with van der Waals surface area (Å²) in [5.74, 6) is -0.619. The zero-order valence-corrected chi connectivity index (χ0v) is 15.5. The van der Waals surface area contributed by atoms with Crippen LogP contribution in [0.3, 0.4) is 0 Å². The Kier molecular flexibility index (Phi) is 5.89. The summed E-state index contributed by atoms with van der Waals surface area (Å²) < 4.78 is 0. The van der Waals surface area contributed by atoms with Gasteiger partial charge in [0.1, 0.15) is 6.04 Å². The highest BCUT2D eigenvalue weighted by molar-refractivity contribution is 6.30. The van der Waals surface area contributed by atoms with Crippen molar-refractivity contribution in [1.29, 1.82) is 0 Å². The summed E-state index contributed by atoms with van der Waals surface area (Å²) in [6.07, 6.45) is 0. The van der Waals surface area contributed by atoms with Crippen molar-refractivity contribution in [1.82, 2.24) is 5.32 Å². The number of carbonyl (C=O) groups excluding carboxylic acids is 2. The molecule has 1 unspecified atom stereocenters. The van der Waals surface area contributed by atoms with Crippen molar-refractivity contribution >= 4 is 29.1 Å². The first-order chi connectivity index (χ1) is 13.0. The molecule has 0 spiro atoms. The molecule has 0 aromatic heterocycles. The summed E-state index contributed by atoms with van der Waals surface area (Å²) in [5, 5.41) is 6.15. The molecule has 0 saturated carbocycles. The third-order valence-corrected chi connectivity index (χ3v) is 4.37. The van der Waals surface area contributed by atoms with E-state index in [4.69, 9.17) is 11.6 Å². The Morgan fingerprint density at radius 3 is 2.19 bits per heavy atom. The van der Waals surface area contributed by atoms with E-state index in [0.717, 1.165) is 11.1 Å². The average molecular weight is 379 g/mol. The van der Waals surface area contributed by atoms with Crippen LogP contribution in [0.2, 0.25) is 5.02 Å². The molecule has 0 bridgehead atoms. The van der Waals surface area contributed by atoms with E-state index >= 15 is 0 Å². The topological polar surface area (TPSA) is 58.2 Å². The Bertz CT molecular complexity index is 940. The Balaban J connectivity index is 1.70. The molecule has 1 atom stereocenters. The lowest BCUT2D eigenvalue weighted by atomic mass is 10.0. The van der Waals surface area contributed by atoms with Crippen molar-refractivity contribution in [3.05, 3.63) is 89.4 Å². The third-order valence-electron chi connectivity index (χ3n) is 4.12. The molecule has 4 nitrogen and oxygen atoms in total. The first-order valence-electron chi connectivity index (χ1n) is 8.56. The van der Waals surface area contributed by atoms with E-state index in [9.17, 15) is 9.59 Å². The van der Waals surface area contributed by atoms with Crippen LogP contribution in [-0.2, 0) is 4.79 Å². The van der Waals surface area contributed by atoms with Crippen molar-refractivity contribution in [2.45, 2.75) is 13.0 Å². The summed E-state index contributed by atoms with van der Waals surface area (Å²) in [4.78, 5) is 24.8. The van der Waals surface area contributed by atoms with Crippen molar-refractivity contribution in [2.75, 3.05) is 5.32 Å². The van der Waals surface area contributed by atoms with Crippen LogP contribution in [0, 0.1) is 0 Å². The minimum atomic E-state index is -0.697. The number of halogens is 1. The van der Waals surface area contributed by atoms with Crippen LogP contribution < -0.4 is 10.6 Å². The van der Waals surface area contributed by atoms with E-state index in [1.165, 1.54) is 0 Å². The van der Waals surface area contributed by atoms with Crippen molar-refractivity contribution in [2.24, 2.45) is 0 Å². The molecule has 27 heavy (non-hydrogen) atoms. The minimum Gasteiger partial charge on any atom is -0.341 e. The summed E-state index contributed by atoms with van der Waals surface area (Å²) in [5.41, 5.74) is 3.07. The lowest BCUT2D eigenvalue weighted by Crippen LogP contribution is -2.41. The maximum atomic E-state index is 12.6. The summed E-state index contributed by atoms with van der Waals surface area (Å²) in [7, 11) is 0. The molecule has 0 fully saturated rings.